The summed E-state index contributed by atoms with van der Waals surface area (Å²) < 4.78 is 37.8. The molecule has 156 valence electrons. The molecule has 0 saturated carbocycles. The summed E-state index contributed by atoms with van der Waals surface area (Å²) in [6.45, 7) is 1.32. The molecule has 1 N–H and O–H groups in total. The molecule has 7 nitrogen and oxygen atoms in total. The Morgan fingerprint density at radius 1 is 1.10 bits per heavy atom. The number of para-hydroxylation sites is 1. The number of benzene rings is 2. The van der Waals surface area contributed by atoms with Crippen molar-refractivity contribution in [2.75, 3.05) is 33.4 Å². The first-order chi connectivity index (χ1) is 14.0. The van der Waals surface area contributed by atoms with E-state index in [0.29, 0.717) is 38.3 Å². The molecule has 2 aromatic carbocycles. The predicted octanol–water partition coefficient (Wildman–Crippen LogP) is 2.29. The number of carbonyl (C=O) groups is 1. The molecule has 0 aliphatic carbocycles. The minimum absolute atomic E-state index is 0.142. The van der Waals surface area contributed by atoms with Crippen molar-refractivity contribution in [3.63, 3.8) is 0 Å². The van der Waals surface area contributed by atoms with Gasteiger partial charge in [0.2, 0.25) is 15.9 Å². The molecule has 1 atom stereocenters. The van der Waals surface area contributed by atoms with Crippen LogP contribution >= 0.6 is 0 Å². The number of nitrogens with one attached hydrogen (secondary N) is 1. The minimum atomic E-state index is -3.64. The van der Waals surface area contributed by atoms with E-state index in [4.69, 9.17) is 9.47 Å². The van der Waals surface area contributed by atoms with Crippen molar-refractivity contribution in [1.82, 2.24) is 9.62 Å². The summed E-state index contributed by atoms with van der Waals surface area (Å²) in [5.41, 5.74) is 0. The molecule has 1 amide bonds. The van der Waals surface area contributed by atoms with E-state index in [1.165, 1.54) is 23.5 Å². The van der Waals surface area contributed by atoms with Crippen molar-refractivity contribution in [2.45, 2.75) is 17.7 Å². The molecule has 3 rings (SSSR count). The van der Waals surface area contributed by atoms with Gasteiger partial charge in [0.1, 0.15) is 18.1 Å². The lowest BCUT2D eigenvalue weighted by Crippen LogP contribution is -2.45. The van der Waals surface area contributed by atoms with Crippen molar-refractivity contribution < 1.29 is 22.7 Å². The fourth-order valence-corrected chi connectivity index (χ4v) is 4.80. The molecular weight excluding hydrogens is 392 g/mol. The summed E-state index contributed by atoms with van der Waals surface area (Å²) in [5.74, 6) is 0.832. The summed E-state index contributed by atoms with van der Waals surface area (Å²) in [5, 5.41) is 2.85. The van der Waals surface area contributed by atoms with Gasteiger partial charge in [0.25, 0.3) is 0 Å². The Bertz CT molecular complexity index is 900. The summed E-state index contributed by atoms with van der Waals surface area (Å²) in [6.07, 6.45) is 1.31. The normalized spacial score (nSPS) is 17.5. The van der Waals surface area contributed by atoms with Gasteiger partial charge in [-0.2, -0.15) is 4.31 Å². The highest BCUT2D eigenvalue weighted by Gasteiger charge is 2.33. The molecule has 1 aliphatic heterocycles. The van der Waals surface area contributed by atoms with Crippen molar-refractivity contribution >= 4 is 15.9 Å². The fraction of sp³-hybridized carbons (Fsp3) is 0.381. The molecule has 1 saturated heterocycles. The second-order valence-electron chi connectivity index (χ2n) is 6.83. The number of hydrogen-bond acceptors (Lipinski definition) is 5. The van der Waals surface area contributed by atoms with Crippen LogP contribution in [0.3, 0.4) is 0 Å². The average molecular weight is 419 g/mol. The van der Waals surface area contributed by atoms with Crippen LogP contribution in [0, 0.1) is 5.92 Å². The Morgan fingerprint density at radius 3 is 2.52 bits per heavy atom. The summed E-state index contributed by atoms with van der Waals surface area (Å²) in [6, 6.07) is 15.7. The lowest BCUT2D eigenvalue weighted by atomic mass is 9.99. The van der Waals surface area contributed by atoms with Gasteiger partial charge >= 0.3 is 0 Å². The maximum Gasteiger partial charge on any atom is 0.243 e. The highest BCUT2D eigenvalue weighted by atomic mass is 32.2. The van der Waals surface area contributed by atoms with E-state index in [2.05, 4.69) is 5.32 Å². The number of piperidine rings is 1. The Labute approximate surface area is 171 Å². The maximum atomic E-state index is 12.9. The van der Waals surface area contributed by atoms with E-state index in [-0.39, 0.29) is 23.3 Å². The van der Waals surface area contributed by atoms with Crippen molar-refractivity contribution in [3.05, 3.63) is 54.6 Å². The molecule has 1 heterocycles. The first-order valence-corrected chi connectivity index (χ1v) is 11.0. The van der Waals surface area contributed by atoms with E-state index in [1.54, 1.807) is 12.1 Å². The van der Waals surface area contributed by atoms with Crippen molar-refractivity contribution in [2.24, 2.45) is 5.92 Å². The third kappa shape index (κ3) is 5.48. The zero-order valence-electron chi connectivity index (χ0n) is 16.4. The molecule has 1 aliphatic rings. The molecule has 0 bridgehead atoms. The Kier molecular flexibility index (Phi) is 7.11. The molecule has 29 heavy (non-hydrogen) atoms. The number of hydrogen-bond donors (Lipinski definition) is 1. The van der Waals surface area contributed by atoms with E-state index in [0.717, 1.165) is 5.75 Å². The standard InChI is InChI=1S/C21H26N2O5S/c1-27-18-9-11-20(12-10-18)29(25,26)23-14-5-6-17(16-23)21(24)22-13-15-28-19-7-3-2-4-8-19/h2-4,7-12,17H,5-6,13-16H2,1H3,(H,22,24)/t17-/m1/s1. The van der Waals surface area contributed by atoms with Gasteiger partial charge in [-0.05, 0) is 49.2 Å². The molecule has 0 unspecified atom stereocenters. The largest absolute Gasteiger partial charge is 0.497 e. The number of methoxy groups -OCH3 is 1. The predicted molar refractivity (Wildman–Crippen MR) is 109 cm³/mol. The van der Waals surface area contributed by atoms with Gasteiger partial charge in [0.05, 0.1) is 24.5 Å². The van der Waals surface area contributed by atoms with Crippen LogP contribution in [0.1, 0.15) is 12.8 Å². The third-order valence-electron chi connectivity index (χ3n) is 4.87. The number of carbonyl (C=O) groups excluding carboxylic acids is 1. The highest BCUT2D eigenvalue weighted by Crippen LogP contribution is 2.25. The van der Waals surface area contributed by atoms with Crippen LogP contribution in [0.5, 0.6) is 11.5 Å². The number of ether oxygens (including phenoxy) is 2. The lowest BCUT2D eigenvalue weighted by Gasteiger charge is -2.31. The van der Waals surface area contributed by atoms with Gasteiger partial charge in [-0.3, -0.25) is 4.79 Å². The Morgan fingerprint density at radius 2 is 1.83 bits per heavy atom. The Balaban J connectivity index is 1.52. The maximum absolute atomic E-state index is 12.9. The first kappa shape index (κ1) is 21.1. The Hall–Kier alpha value is -2.58. The second-order valence-corrected chi connectivity index (χ2v) is 8.77. The lowest BCUT2D eigenvalue weighted by molar-refractivity contribution is -0.126. The van der Waals surface area contributed by atoms with Crippen LogP contribution in [0.15, 0.2) is 59.5 Å². The van der Waals surface area contributed by atoms with Crippen LogP contribution in [0.25, 0.3) is 0 Å². The second kappa shape index (κ2) is 9.76. The summed E-state index contributed by atoms with van der Waals surface area (Å²) >= 11 is 0. The van der Waals surface area contributed by atoms with E-state index in [1.807, 2.05) is 30.3 Å². The monoisotopic (exact) mass is 418 g/mol. The van der Waals surface area contributed by atoms with Crippen molar-refractivity contribution in [1.29, 1.82) is 0 Å². The summed E-state index contributed by atoms with van der Waals surface area (Å²) in [7, 11) is -2.11. The van der Waals surface area contributed by atoms with Crippen LogP contribution in [-0.4, -0.2) is 52.0 Å². The highest BCUT2D eigenvalue weighted by molar-refractivity contribution is 7.89. The van der Waals surface area contributed by atoms with Gasteiger partial charge in [0, 0.05) is 13.1 Å². The van der Waals surface area contributed by atoms with Gasteiger partial charge in [0.15, 0.2) is 0 Å². The molecule has 0 radical (unpaired) electrons. The molecule has 2 aromatic rings. The van der Waals surface area contributed by atoms with Crippen LogP contribution in [0.2, 0.25) is 0 Å². The number of amides is 1. The van der Waals surface area contributed by atoms with Crippen LogP contribution in [-0.2, 0) is 14.8 Å². The van der Waals surface area contributed by atoms with Crippen LogP contribution < -0.4 is 14.8 Å². The molecule has 8 heteroatoms. The zero-order chi connectivity index (χ0) is 20.7. The SMILES string of the molecule is COc1ccc(S(=O)(=O)N2CCC[C@@H](C(=O)NCCOc3ccccc3)C2)cc1. The molecule has 1 fully saturated rings. The first-order valence-electron chi connectivity index (χ1n) is 9.60. The fourth-order valence-electron chi connectivity index (χ4n) is 3.28. The third-order valence-corrected chi connectivity index (χ3v) is 6.74. The van der Waals surface area contributed by atoms with E-state index >= 15 is 0 Å². The summed E-state index contributed by atoms with van der Waals surface area (Å²) in [4.78, 5) is 12.7. The quantitative estimate of drug-likeness (QED) is 0.665. The van der Waals surface area contributed by atoms with Crippen molar-refractivity contribution in [3.8, 4) is 11.5 Å². The zero-order valence-corrected chi connectivity index (χ0v) is 17.2. The van der Waals surface area contributed by atoms with Gasteiger partial charge in [-0.1, -0.05) is 18.2 Å². The molecule has 0 aromatic heterocycles. The molecular formula is C21H26N2O5S. The number of rotatable bonds is 8. The minimum Gasteiger partial charge on any atom is -0.497 e. The molecule has 0 spiro atoms. The number of nitrogens with zero attached hydrogens (tertiary/aromatic N) is 1. The number of sulfonamides is 1. The van der Waals surface area contributed by atoms with Gasteiger partial charge in [-0.15, -0.1) is 0 Å². The van der Waals surface area contributed by atoms with E-state index < -0.39 is 10.0 Å². The van der Waals surface area contributed by atoms with Gasteiger partial charge < -0.3 is 14.8 Å². The van der Waals surface area contributed by atoms with Crippen LogP contribution in [0.4, 0.5) is 0 Å². The van der Waals surface area contributed by atoms with E-state index in [9.17, 15) is 13.2 Å². The topological polar surface area (TPSA) is 84.9 Å². The van der Waals surface area contributed by atoms with Gasteiger partial charge in [-0.25, -0.2) is 8.42 Å². The smallest absolute Gasteiger partial charge is 0.243 e. The average Bonchev–Trinajstić information content (AvgIpc) is 2.77.